The lowest BCUT2D eigenvalue weighted by Gasteiger charge is -2.25. The largest absolute Gasteiger partial charge is 0.485 e. The van der Waals surface area contributed by atoms with Crippen LogP contribution in [0.5, 0.6) is 11.5 Å². The van der Waals surface area contributed by atoms with Crippen molar-refractivity contribution in [3.63, 3.8) is 0 Å². The van der Waals surface area contributed by atoms with Crippen LogP contribution in [0, 0.1) is 5.82 Å². The first kappa shape index (κ1) is 19.7. The molecule has 0 spiro atoms. The van der Waals surface area contributed by atoms with Crippen molar-refractivity contribution in [3.05, 3.63) is 78.6 Å². The third-order valence-electron chi connectivity index (χ3n) is 4.33. The summed E-state index contributed by atoms with van der Waals surface area (Å²) in [5.41, 5.74) is 0.645. The molecular weight excluding hydrogens is 411 g/mol. The van der Waals surface area contributed by atoms with E-state index < -0.39 is 27.9 Å². The van der Waals surface area contributed by atoms with Crippen LogP contribution < -0.4 is 19.5 Å². The Morgan fingerprint density at radius 3 is 2.23 bits per heavy atom. The minimum atomic E-state index is -3.86. The van der Waals surface area contributed by atoms with Crippen LogP contribution in [0.1, 0.15) is 0 Å². The molecule has 0 radical (unpaired) electrons. The third-order valence-corrected chi connectivity index (χ3v) is 5.73. The van der Waals surface area contributed by atoms with Gasteiger partial charge >= 0.3 is 0 Å². The molecule has 154 valence electrons. The second-order valence-corrected chi connectivity index (χ2v) is 8.17. The normalized spacial score (nSPS) is 15.3. The number of amides is 1. The summed E-state index contributed by atoms with van der Waals surface area (Å²) in [6.45, 7) is 0.0664. The van der Waals surface area contributed by atoms with Crippen molar-refractivity contribution in [3.8, 4) is 11.5 Å². The summed E-state index contributed by atoms with van der Waals surface area (Å²) in [6, 6.07) is 17.7. The molecule has 0 aromatic heterocycles. The zero-order valence-electron chi connectivity index (χ0n) is 15.5. The number of nitrogens with one attached hydrogen (secondary N) is 2. The number of benzene rings is 3. The first-order valence-corrected chi connectivity index (χ1v) is 10.5. The predicted molar refractivity (Wildman–Crippen MR) is 109 cm³/mol. The van der Waals surface area contributed by atoms with E-state index >= 15 is 0 Å². The molecule has 30 heavy (non-hydrogen) atoms. The molecule has 3 aromatic carbocycles. The average Bonchev–Trinajstić information content (AvgIpc) is 2.75. The fraction of sp³-hybridized carbons (Fsp3) is 0.0952. The number of halogens is 1. The molecule has 3 aromatic rings. The van der Waals surface area contributed by atoms with E-state index in [0.29, 0.717) is 17.2 Å². The number of hydrogen-bond acceptors (Lipinski definition) is 5. The van der Waals surface area contributed by atoms with Crippen LogP contribution in [0.4, 0.5) is 15.8 Å². The second-order valence-electron chi connectivity index (χ2n) is 6.49. The summed E-state index contributed by atoms with van der Waals surface area (Å²) in [5, 5.41) is 2.68. The Bertz CT molecular complexity index is 1160. The molecule has 7 nitrogen and oxygen atoms in total. The quantitative estimate of drug-likeness (QED) is 0.650. The zero-order chi connectivity index (χ0) is 21.1. The second kappa shape index (κ2) is 8.03. The number of sulfonamides is 1. The molecule has 2 N–H and O–H groups in total. The molecule has 1 amide bonds. The average molecular weight is 428 g/mol. The SMILES string of the molecule is O=C(Nc1ccc(S(=O)(=O)Nc2ccc(F)cc2)cc1)[C@@H]1COc2ccccc2O1. The molecule has 0 fully saturated rings. The van der Waals surface area contributed by atoms with Gasteiger partial charge in [0, 0.05) is 11.4 Å². The number of rotatable bonds is 5. The van der Waals surface area contributed by atoms with Gasteiger partial charge in [0.1, 0.15) is 12.4 Å². The lowest BCUT2D eigenvalue weighted by molar-refractivity contribution is -0.125. The van der Waals surface area contributed by atoms with Gasteiger partial charge in [0.15, 0.2) is 11.5 Å². The Labute approximate surface area is 172 Å². The number of hydrogen-bond donors (Lipinski definition) is 2. The van der Waals surface area contributed by atoms with Gasteiger partial charge in [-0.2, -0.15) is 0 Å². The maximum atomic E-state index is 13.0. The highest BCUT2D eigenvalue weighted by atomic mass is 32.2. The van der Waals surface area contributed by atoms with Gasteiger partial charge in [-0.1, -0.05) is 12.1 Å². The van der Waals surface area contributed by atoms with Gasteiger partial charge in [-0.15, -0.1) is 0 Å². The first-order chi connectivity index (χ1) is 14.4. The Morgan fingerprint density at radius 1 is 0.900 bits per heavy atom. The lowest BCUT2D eigenvalue weighted by atomic mass is 10.2. The molecule has 0 saturated carbocycles. The highest BCUT2D eigenvalue weighted by molar-refractivity contribution is 7.92. The van der Waals surface area contributed by atoms with E-state index in [1.807, 2.05) is 6.07 Å². The van der Waals surface area contributed by atoms with Crippen LogP contribution in [-0.2, 0) is 14.8 Å². The summed E-state index contributed by atoms with van der Waals surface area (Å²) >= 11 is 0. The van der Waals surface area contributed by atoms with Crippen molar-refractivity contribution in [1.29, 1.82) is 0 Å². The smallest absolute Gasteiger partial charge is 0.269 e. The molecule has 1 atom stereocenters. The minimum absolute atomic E-state index is 0.00370. The summed E-state index contributed by atoms with van der Waals surface area (Å²) in [6.07, 6.45) is -0.830. The van der Waals surface area contributed by atoms with Crippen LogP contribution in [0.25, 0.3) is 0 Å². The van der Waals surface area contributed by atoms with E-state index in [-0.39, 0.29) is 17.2 Å². The monoisotopic (exact) mass is 428 g/mol. The number of ether oxygens (including phenoxy) is 2. The van der Waals surface area contributed by atoms with Crippen molar-refractivity contribution in [1.82, 2.24) is 0 Å². The van der Waals surface area contributed by atoms with Crippen molar-refractivity contribution in [2.45, 2.75) is 11.0 Å². The van der Waals surface area contributed by atoms with E-state index in [0.717, 1.165) is 12.1 Å². The number of fused-ring (bicyclic) bond motifs is 1. The summed E-state index contributed by atoms with van der Waals surface area (Å²) < 4.78 is 51.4. The van der Waals surface area contributed by atoms with Gasteiger partial charge in [-0.25, -0.2) is 12.8 Å². The van der Waals surface area contributed by atoms with E-state index in [2.05, 4.69) is 10.0 Å². The van der Waals surface area contributed by atoms with E-state index in [1.54, 1.807) is 18.2 Å². The van der Waals surface area contributed by atoms with E-state index in [9.17, 15) is 17.6 Å². The molecule has 4 rings (SSSR count). The highest BCUT2D eigenvalue weighted by Gasteiger charge is 2.27. The fourth-order valence-electron chi connectivity index (χ4n) is 2.82. The standard InChI is InChI=1S/C21H17FN2O5S/c22-14-5-7-16(8-6-14)24-30(26,27)17-11-9-15(10-12-17)23-21(25)20-13-28-18-3-1-2-4-19(18)29-20/h1-12,20,24H,13H2,(H,23,25)/t20-/m0/s1. The fourth-order valence-corrected chi connectivity index (χ4v) is 3.88. The molecule has 1 aliphatic rings. The van der Waals surface area contributed by atoms with Crippen molar-refractivity contribution < 1.29 is 27.1 Å². The number of carbonyl (C=O) groups excluding carboxylic acids is 1. The molecule has 0 aliphatic carbocycles. The van der Waals surface area contributed by atoms with Gasteiger partial charge in [0.25, 0.3) is 15.9 Å². The van der Waals surface area contributed by atoms with Crippen molar-refractivity contribution in [2.75, 3.05) is 16.6 Å². The molecule has 1 heterocycles. The summed E-state index contributed by atoms with van der Waals surface area (Å²) in [7, 11) is -3.86. The van der Waals surface area contributed by atoms with E-state index in [1.165, 1.54) is 36.4 Å². The number of carbonyl (C=O) groups is 1. The molecule has 1 aliphatic heterocycles. The van der Waals surface area contributed by atoms with E-state index in [4.69, 9.17) is 9.47 Å². The van der Waals surface area contributed by atoms with Gasteiger partial charge in [0.2, 0.25) is 6.10 Å². The maximum absolute atomic E-state index is 13.0. The van der Waals surface area contributed by atoms with Gasteiger partial charge < -0.3 is 14.8 Å². The summed E-state index contributed by atoms with van der Waals surface area (Å²) in [5.74, 6) is 0.181. The van der Waals surface area contributed by atoms with Crippen LogP contribution >= 0.6 is 0 Å². The molecule has 0 unspecified atom stereocenters. The van der Waals surface area contributed by atoms with Crippen LogP contribution in [-0.4, -0.2) is 27.0 Å². The third kappa shape index (κ3) is 4.36. The van der Waals surface area contributed by atoms with Crippen LogP contribution in [0.2, 0.25) is 0 Å². The maximum Gasteiger partial charge on any atom is 0.269 e. The zero-order valence-corrected chi connectivity index (χ0v) is 16.4. The van der Waals surface area contributed by atoms with Crippen molar-refractivity contribution >= 4 is 27.3 Å². The summed E-state index contributed by atoms with van der Waals surface area (Å²) in [4.78, 5) is 12.4. The lowest BCUT2D eigenvalue weighted by Crippen LogP contribution is -2.40. The highest BCUT2D eigenvalue weighted by Crippen LogP contribution is 2.31. The molecule has 0 saturated heterocycles. The predicted octanol–water partition coefficient (Wildman–Crippen LogP) is 3.41. The molecule has 9 heteroatoms. The Hall–Kier alpha value is -3.59. The van der Waals surface area contributed by atoms with Gasteiger partial charge in [-0.3, -0.25) is 9.52 Å². The van der Waals surface area contributed by atoms with Crippen LogP contribution in [0.3, 0.4) is 0 Å². The van der Waals surface area contributed by atoms with Gasteiger partial charge in [0.05, 0.1) is 4.90 Å². The Morgan fingerprint density at radius 2 is 1.53 bits per heavy atom. The number of anilines is 2. The molecule has 0 bridgehead atoms. The van der Waals surface area contributed by atoms with Gasteiger partial charge in [-0.05, 0) is 60.7 Å². The number of para-hydroxylation sites is 2. The first-order valence-electron chi connectivity index (χ1n) is 8.98. The molecular formula is C21H17FN2O5S. The Kier molecular flexibility index (Phi) is 5.28. The van der Waals surface area contributed by atoms with Crippen molar-refractivity contribution in [2.24, 2.45) is 0 Å². The minimum Gasteiger partial charge on any atom is -0.485 e. The Balaban J connectivity index is 1.41. The van der Waals surface area contributed by atoms with Crippen LogP contribution in [0.15, 0.2) is 77.7 Å². The topological polar surface area (TPSA) is 93.7 Å².